The molecule has 0 amide bonds. The first-order valence-corrected chi connectivity index (χ1v) is 7.80. The monoisotopic (exact) mass is 302 g/mol. The van der Waals surface area contributed by atoms with Crippen molar-refractivity contribution in [3.05, 3.63) is 63.4 Å². The van der Waals surface area contributed by atoms with Crippen molar-refractivity contribution in [3.63, 3.8) is 0 Å². The van der Waals surface area contributed by atoms with Crippen LogP contribution in [0, 0.1) is 20.8 Å². The van der Waals surface area contributed by atoms with Crippen LogP contribution in [0.2, 0.25) is 5.02 Å². The number of aryl methyl sites for hydroxylation is 3. The molecule has 0 saturated carbocycles. The Balaban J connectivity index is 2.36. The standard InChI is InChI=1S/C18H23ClN2/c1-5-21-18(15-6-7-20-11-17(15)19)10-16-13(3)8-12(2)9-14(16)4/h6-9,11,18,21H,5,10H2,1-4H3. The van der Waals surface area contributed by atoms with Gasteiger partial charge in [0.1, 0.15) is 0 Å². The number of likely N-dealkylation sites (N-methyl/N-ethyl adjacent to an activating group) is 1. The summed E-state index contributed by atoms with van der Waals surface area (Å²) in [5.41, 5.74) is 6.53. The summed E-state index contributed by atoms with van der Waals surface area (Å²) in [6.07, 6.45) is 4.46. The number of nitrogens with zero attached hydrogens (tertiary/aromatic N) is 1. The first-order valence-electron chi connectivity index (χ1n) is 7.42. The minimum atomic E-state index is 0.214. The maximum Gasteiger partial charge on any atom is 0.0637 e. The topological polar surface area (TPSA) is 24.9 Å². The Hall–Kier alpha value is -1.38. The van der Waals surface area contributed by atoms with Gasteiger partial charge < -0.3 is 5.32 Å². The number of aromatic nitrogens is 1. The molecule has 1 aromatic heterocycles. The Labute approximate surface area is 132 Å². The Morgan fingerprint density at radius 3 is 2.43 bits per heavy atom. The predicted octanol–water partition coefficient (Wildman–Crippen LogP) is 4.55. The van der Waals surface area contributed by atoms with Gasteiger partial charge in [0.15, 0.2) is 0 Å². The molecule has 112 valence electrons. The van der Waals surface area contributed by atoms with Crippen LogP contribution in [0.1, 0.15) is 40.8 Å². The van der Waals surface area contributed by atoms with Gasteiger partial charge in [-0.25, -0.2) is 0 Å². The van der Waals surface area contributed by atoms with Gasteiger partial charge in [0.2, 0.25) is 0 Å². The normalized spacial score (nSPS) is 12.4. The fourth-order valence-electron chi connectivity index (χ4n) is 2.94. The first kappa shape index (κ1) is 16.0. The van der Waals surface area contributed by atoms with Gasteiger partial charge in [-0.05, 0) is 62.1 Å². The Morgan fingerprint density at radius 2 is 1.86 bits per heavy atom. The second kappa shape index (κ2) is 7.06. The zero-order valence-electron chi connectivity index (χ0n) is 13.2. The summed E-state index contributed by atoms with van der Waals surface area (Å²) < 4.78 is 0. The van der Waals surface area contributed by atoms with Crippen molar-refractivity contribution in [1.82, 2.24) is 10.3 Å². The quantitative estimate of drug-likeness (QED) is 0.876. The first-order chi connectivity index (χ1) is 10.0. The highest BCUT2D eigenvalue weighted by molar-refractivity contribution is 6.31. The fraction of sp³-hybridized carbons (Fsp3) is 0.389. The summed E-state index contributed by atoms with van der Waals surface area (Å²) in [5.74, 6) is 0. The molecule has 0 radical (unpaired) electrons. The molecule has 2 aromatic rings. The molecule has 1 unspecified atom stereocenters. The van der Waals surface area contributed by atoms with E-state index in [2.05, 4.69) is 50.1 Å². The van der Waals surface area contributed by atoms with Gasteiger partial charge >= 0.3 is 0 Å². The van der Waals surface area contributed by atoms with Crippen LogP contribution in [0.3, 0.4) is 0 Å². The van der Waals surface area contributed by atoms with Crippen LogP contribution >= 0.6 is 11.6 Å². The second-order valence-electron chi connectivity index (χ2n) is 5.59. The summed E-state index contributed by atoms with van der Waals surface area (Å²) in [7, 11) is 0. The van der Waals surface area contributed by atoms with Crippen LogP contribution in [-0.4, -0.2) is 11.5 Å². The van der Waals surface area contributed by atoms with Crippen molar-refractivity contribution < 1.29 is 0 Å². The summed E-state index contributed by atoms with van der Waals surface area (Å²) in [5, 5.41) is 4.27. The van der Waals surface area contributed by atoms with E-state index in [1.807, 2.05) is 6.07 Å². The zero-order valence-corrected chi connectivity index (χ0v) is 14.0. The average Bonchev–Trinajstić information content (AvgIpc) is 2.42. The molecule has 0 saturated heterocycles. The van der Waals surface area contributed by atoms with Crippen molar-refractivity contribution in [1.29, 1.82) is 0 Å². The van der Waals surface area contributed by atoms with Crippen LogP contribution in [0.25, 0.3) is 0 Å². The van der Waals surface area contributed by atoms with Crippen molar-refractivity contribution in [2.45, 2.75) is 40.2 Å². The van der Waals surface area contributed by atoms with Crippen molar-refractivity contribution in [3.8, 4) is 0 Å². The number of hydrogen-bond donors (Lipinski definition) is 1. The fourth-order valence-corrected chi connectivity index (χ4v) is 3.19. The molecule has 3 heteroatoms. The summed E-state index contributed by atoms with van der Waals surface area (Å²) in [6.45, 7) is 9.55. The lowest BCUT2D eigenvalue weighted by atomic mass is 9.92. The Kier molecular flexibility index (Phi) is 5.38. The van der Waals surface area contributed by atoms with Gasteiger partial charge in [0.25, 0.3) is 0 Å². The van der Waals surface area contributed by atoms with Crippen molar-refractivity contribution in [2.24, 2.45) is 0 Å². The molecule has 1 heterocycles. The van der Waals surface area contributed by atoms with Crippen LogP contribution < -0.4 is 5.32 Å². The molecule has 2 nitrogen and oxygen atoms in total. The second-order valence-corrected chi connectivity index (χ2v) is 6.00. The van der Waals surface area contributed by atoms with Gasteiger partial charge in [-0.2, -0.15) is 0 Å². The zero-order chi connectivity index (χ0) is 15.4. The molecule has 0 aliphatic carbocycles. The van der Waals surface area contributed by atoms with E-state index in [0.29, 0.717) is 0 Å². The van der Waals surface area contributed by atoms with E-state index in [4.69, 9.17) is 11.6 Å². The Bertz CT molecular complexity index is 599. The van der Waals surface area contributed by atoms with Crippen LogP contribution in [-0.2, 0) is 6.42 Å². The summed E-state index contributed by atoms with van der Waals surface area (Å²) in [4.78, 5) is 4.08. The lowest BCUT2D eigenvalue weighted by Gasteiger charge is -2.22. The largest absolute Gasteiger partial charge is 0.310 e. The SMILES string of the molecule is CCNC(Cc1c(C)cc(C)cc1C)c1ccncc1Cl. The van der Waals surface area contributed by atoms with E-state index >= 15 is 0 Å². The third-order valence-electron chi connectivity index (χ3n) is 3.88. The highest BCUT2D eigenvalue weighted by Gasteiger charge is 2.16. The molecular weight excluding hydrogens is 280 g/mol. The maximum absolute atomic E-state index is 6.32. The number of rotatable bonds is 5. The van der Waals surface area contributed by atoms with E-state index in [-0.39, 0.29) is 6.04 Å². The highest BCUT2D eigenvalue weighted by atomic mass is 35.5. The van der Waals surface area contributed by atoms with Gasteiger partial charge in [-0.1, -0.05) is 36.2 Å². The molecule has 1 N–H and O–H groups in total. The lowest BCUT2D eigenvalue weighted by Crippen LogP contribution is -2.24. The Morgan fingerprint density at radius 1 is 1.19 bits per heavy atom. The predicted molar refractivity (Wildman–Crippen MR) is 90.0 cm³/mol. The maximum atomic E-state index is 6.32. The highest BCUT2D eigenvalue weighted by Crippen LogP contribution is 2.27. The minimum Gasteiger partial charge on any atom is -0.310 e. The molecule has 0 fully saturated rings. The molecule has 0 spiro atoms. The summed E-state index contributed by atoms with van der Waals surface area (Å²) in [6, 6.07) is 6.72. The third-order valence-corrected chi connectivity index (χ3v) is 4.19. The number of halogens is 1. The van der Waals surface area contributed by atoms with Crippen LogP contribution in [0.4, 0.5) is 0 Å². The number of benzene rings is 1. The van der Waals surface area contributed by atoms with Crippen molar-refractivity contribution in [2.75, 3.05) is 6.54 Å². The van der Waals surface area contributed by atoms with Gasteiger partial charge in [0, 0.05) is 18.4 Å². The summed E-state index contributed by atoms with van der Waals surface area (Å²) >= 11 is 6.32. The molecule has 0 bridgehead atoms. The molecule has 1 aromatic carbocycles. The van der Waals surface area contributed by atoms with E-state index in [9.17, 15) is 0 Å². The smallest absolute Gasteiger partial charge is 0.0637 e. The van der Waals surface area contributed by atoms with Gasteiger partial charge in [-0.15, -0.1) is 0 Å². The van der Waals surface area contributed by atoms with Crippen LogP contribution in [0.15, 0.2) is 30.6 Å². The molecule has 0 aliphatic heterocycles. The molecular formula is C18H23ClN2. The van der Waals surface area contributed by atoms with E-state index < -0.39 is 0 Å². The van der Waals surface area contributed by atoms with E-state index in [1.54, 1.807) is 12.4 Å². The van der Waals surface area contributed by atoms with Crippen LogP contribution in [0.5, 0.6) is 0 Å². The lowest BCUT2D eigenvalue weighted by molar-refractivity contribution is 0.547. The molecule has 21 heavy (non-hydrogen) atoms. The molecule has 0 aliphatic rings. The average molecular weight is 303 g/mol. The molecule has 1 atom stereocenters. The molecule has 2 rings (SSSR count). The van der Waals surface area contributed by atoms with E-state index in [0.717, 1.165) is 23.6 Å². The third kappa shape index (κ3) is 3.84. The number of nitrogens with one attached hydrogen (secondary N) is 1. The minimum absolute atomic E-state index is 0.214. The van der Waals surface area contributed by atoms with E-state index in [1.165, 1.54) is 22.3 Å². The van der Waals surface area contributed by atoms with Crippen molar-refractivity contribution >= 4 is 11.6 Å². The number of hydrogen-bond acceptors (Lipinski definition) is 2. The van der Waals surface area contributed by atoms with Gasteiger partial charge in [0.05, 0.1) is 5.02 Å². The number of pyridine rings is 1. The van der Waals surface area contributed by atoms with Gasteiger partial charge in [-0.3, -0.25) is 4.98 Å².